The van der Waals surface area contributed by atoms with Gasteiger partial charge in [0.1, 0.15) is 3.94 Å². The number of carbonyl (C=O) groups is 1. The standard InChI is InChI=1S/C17H18NO2PS2/c1-18(2)16(19)13-23-17(22)21(20,14-9-5-3-6-10-14)15-11-7-4-8-12-15/h3-12H,13H2,1-2H3. The van der Waals surface area contributed by atoms with Crippen molar-refractivity contribution in [3.63, 3.8) is 0 Å². The molecule has 6 heteroatoms. The van der Waals surface area contributed by atoms with Crippen LogP contribution >= 0.6 is 31.1 Å². The van der Waals surface area contributed by atoms with Gasteiger partial charge in [-0.1, -0.05) is 72.9 Å². The topological polar surface area (TPSA) is 37.4 Å². The lowest BCUT2D eigenvalue weighted by atomic mass is 10.4. The van der Waals surface area contributed by atoms with E-state index in [1.165, 1.54) is 16.7 Å². The Balaban J connectivity index is 2.37. The summed E-state index contributed by atoms with van der Waals surface area (Å²) < 4.78 is 14.2. The molecule has 0 N–H and O–H groups in total. The van der Waals surface area contributed by atoms with Gasteiger partial charge in [0.05, 0.1) is 5.75 Å². The van der Waals surface area contributed by atoms with Crippen LogP contribution in [0, 0.1) is 0 Å². The average Bonchev–Trinajstić information content (AvgIpc) is 2.60. The minimum Gasteiger partial charge on any atom is -0.348 e. The Morgan fingerprint density at radius 1 is 1.00 bits per heavy atom. The molecule has 0 radical (unpaired) electrons. The zero-order valence-electron chi connectivity index (χ0n) is 13.0. The van der Waals surface area contributed by atoms with E-state index in [2.05, 4.69) is 0 Å². The lowest BCUT2D eigenvalue weighted by Crippen LogP contribution is -2.25. The van der Waals surface area contributed by atoms with Gasteiger partial charge in [-0.2, -0.15) is 0 Å². The van der Waals surface area contributed by atoms with Crippen LogP contribution in [0.15, 0.2) is 60.7 Å². The zero-order valence-corrected chi connectivity index (χ0v) is 15.5. The number of thioether (sulfide) groups is 1. The van der Waals surface area contributed by atoms with Gasteiger partial charge in [0.15, 0.2) is 7.14 Å². The summed E-state index contributed by atoms with van der Waals surface area (Å²) in [4.78, 5) is 13.3. The molecule has 120 valence electrons. The van der Waals surface area contributed by atoms with E-state index in [9.17, 15) is 9.36 Å². The fourth-order valence-corrected chi connectivity index (χ4v) is 6.75. The predicted molar refractivity (Wildman–Crippen MR) is 104 cm³/mol. The third kappa shape index (κ3) is 4.11. The summed E-state index contributed by atoms with van der Waals surface area (Å²) in [7, 11) is 0.311. The molecule has 0 unspecified atom stereocenters. The van der Waals surface area contributed by atoms with Gasteiger partial charge in [-0.05, 0) is 0 Å². The molecular formula is C17H18NO2PS2. The van der Waals surface area contributed by atoms with Crippen molar-refractivity contribution in [2.24, 2.45) is 0 Å². The summed E-state index contributed by atoms with van der Waals surface area (Å²) in [5.41, 5.74) is 0. The first-order valence-corrected chi connectivity index (χ1v) is 10.1. The number of thiocarbonyl (C=S) groups is 1. The van der Waals surface area contributed by atoms with E-state index in [1.54, 1.807) is 14.1 Å². The summed E-state index contributed by atoms with van der Waals surface area (Å²) in [5.74, 6) is 0.139. The molecule has 2 rings (SSSR count). The number of nitrogens with zero attached hydrogens (tertiary/aromatic N) is 1. The van der Waals surface area contributed by atoms with Crippen LogP contribution < -0.4 is 10.6 Å². The third-order valence-electron chi connectivity index (χ3n) is 3.31. The van der Waals surface area contributed by atoms with Crippen molar-refractivity contribution < 1.29 is 9.36 Å². The molecule has 0 bridgehead atoms. The normalized spacial score (nSPS) is 11.0. The zero-order chi connectivity index (χ0) is 16.9. The maximum Gasteiger partial charge on any atom is 0.232 e. The molecule has 0 atom stereocenters. The van der Waals surface area contributed by atoms with Crippen molar-refractivity contribution in [1.82, 2.24) is 4.90 Å². The fraction of sp³-hybridized carbons (Fsp3) is 0.176. The van der Waals surface area contributed by atoms with Gasteiger partial charge < -0.3 is 9.46 Å². The minimum absolute atomic E-state index is 0.0509. The van der Waals surface area contributed by atoms with Crippen LogP contribution in [0.5, 0.6) is 0 Å². The number of hydrogen-bond donors (Lipinski definition) is 0. The highest BCUT2D eigenvalue weighted by Crippen LogP contribution is 2.49. The molecule has 0 fully saturated rings. The summed E-state index contributed by atoms with van der Waals surface area (Å²) in [5, 5.41) is 1.39. The lowest BCUT2D eigenvalue weighted by Gasteiger charge is -2.20. The van der Waals surface area contributed by atoms with Gasteiger partial charge in [0.2, 0.25) is 5.91 Å². The second kappa shape index (κ2) is 7.91. The van der Waals surface area contributed by atoms with Crippen LogP contribution in [0.3, 0.4) is 0 Å². The Bertz CT molecular complexity index is 689. The van der Waals surface area contributed by atoms with E-state index in [-0.39, 0.29) is 11.7 Å². The fourth-order valence-electron chi connectivity index (χ4n) is 1.98. The van der Waals surface area contributed by atoms with Crippen LogP contribution in [0.25, 0.3) is 0 Å². The van der Waals surface area contributed by atoms with Gasteiger partial charge in [-0.15, -0.1) is 11.8 Å². The summed E-state index contributed by atoms with van der Waals surface area (Å²) in [6.07, 6.45) is 0. The Kier molecular flexibility index (Phi) is 6.17. The van der Waals surface area contributed by atoms with Crippen LogP contribution in [0.4, 0.5) is 0 Å². The molecule has 2 aromatic rings. The molecule has 0 saturated heterocycles. The van der Waals surface area contributed by atoms with Crippen molar-refractivity contribution in [3.8, 4) is 0 Å². The minimum atomic E-state index is -3.08. The summed E-state index contributed by atoms with van der Waals surface area (Å²) in [6.45, 7) is 0. The quantitative estimate of drug-likeness (QED) is 0.604. The summed E-state index contributed by atoms with van der Waals surface area (Å²) >= 11 is 6.67. The molecule has 0 aliphatic heterocycles. The number of rotatable bonds is 5. The molecule has 23 heavy (non-hydrogen) atoms. The van der Waals surface area contributed by atoms with Crippen molar-refractivity contribution in [2.45, 2.75) is 0 Å². The average molecular weight is 363 g/mol. The SMILES string of the molecule is CN(C)C(=O)CSC(=S)P(=O)(c1ccccc1)c1ccccc1. The van der Waals surface area contributed by atoms with Crippen molar-refractivity contribution >= 4 is 51.6 Å². The maximum atomic E-state index is 13.8. The molecule has 1 amide bonds. The second-order valence-electron chi connectivity index (χ2n) is 5.12. The van der Waals surface area contributed by atoms with Gasteiger partial charge in [0.25, 0.3) is 0 Å². The van der Waals surface area contributed by atoms with E-state index in [4.69, 9.17) is 12.2 Å². The smallest absolute Gasteiger partial charge is 0.232 e. The first-order valence-electron chi connectivity index (χ1n) is 7.05. The molecule has 0 heterocycles. The highest BCUT2D eigenvalue weighted by molar-refractivity contribution is 8.39. The monoisotopic (exact) mass is 363 g/mol. The van der Waals surface area contributed by atoms with Crippen LogP contribution in [-0.4, -0.2) is 34.6 Å². The highest BCUT2D eigenvalue weighted by atomic mass is 32.2. The Labute approximate surface area is 146 Å². The molecule has 0 spiro atoms. The number of amides is 1. The summed E-state index contributed by atoms with van der Waals surface area (Å²) in [6, 6.07) is 18.5. The van der Waals surface area contributed by atoms with Gasteiger partial charge in [-0.25, -0.2) is 0 Å². The van der Waals surface area contributed by atoms with E-state index in [0.29, 0.717) is 14.5 Å². The van der Waals surface area contributed by atoms with Gasteiger partial charge in [0, 0.05) is 24.7 Å². The van der Waals surface area contributed by atoms with Crippen molar-refractivity contribution in [1.29, 1.82) is 0 Å². The lowest BCUT2D eigenvalue weighted by molar-refractivity contribution is -0.125. The molecule has 3 nitrogen and oxygen atoms in total. The Hall–Kier alpha value is -1.42. The number of hydrogen-bond acceptors (Lipinski definition) is 4. The van der Waals surface area contributed by atoms with Crippen molar-refractivity contribution in [3.05, 3.63) is 60.7 Å². The van der Waals surface area contributed by atoms with E-state index in [0.717, 1.165) is 0 Å². The Morgan fingerprint density at radius 3 is 1.83 bits per heavy atom. The van der Waals surface area contributed by atoms with Crippen LogP contribution in [0.1, 0.15) is 0 Å². The van der Waals surface area contributed by atoms with Crippen molar-refractivity contribution in [2.75, 3.05) is 19.8 Å². The van der Waals surface area contributed by atoms with E-state index < -0.39 is 7.14 Å². The first kappa shape index (κ1) is 17.9. The Morgan fingerprint density at radius 2 is 1.43 bits per heavy atom. The van der Waals surface area contributed by atoms with Gasteiger partial charge >= 0.3 is 0 Å². The predicted octanol–water partition coefficient (Wildman–Crippen LogP) is 3.11. The second-order valence-corrected chi connectivity index (χ2v) is 10.1. The maximum absolute atomic E-state index is 13.8. The number of carbonyl (C=O) groups excluding carboxylic acids is 1. The molecule has 0 aliphatic carbocycles. The van der Waals surface area contributed by atoms with Crippen LogP contribution in [0.2, 0.25) is 0 Å². The first-order chi connectivity index (χ1) is 11.0. The highest BCUT2D eigenvalue weighted by Gasteiger charge is 2.32. The van der Waals surface area contributed by atoms with E-state index in [1.807, 2.05) is 60.7 Å². The molecule has 0 aliphatic rings. The molecule has 2 aromatic carbocycles. The van der Waals surface area contributed by atoms with E-state index >= 15 is 0 Å². The molecule has 0 aromatic heterocycles. The molecular weight excluding hydrogens is 345 g/mol. The molecule has 0 saturated carbocycles. The van der Waals surface area contributed by atoms with Gasteiger partial charge in [-0.3, -0.25) is 4.79 Å². The third-order valence-corrected chi connectivity index (χ3v) is 8.80. The largest absolute Gasteiger partial charge is 0.348 e. The van der Waals surface area contributed by atoms with Crippen LogP contribution in [-0.2, 0) is 9.36 Å². The number of benzene rings is 2.